The van der Waals surface area contributed by atoms with Gasteiger partial charge in [-0.2, -0.15) is 13.2 Å². The summed E-state index contributed by atoms with van der Waals surface area (Å²) >= 11 is 0. The first kappa shape index (κ1) is 13.5. The fourth-order valence-electron chi connectivity index (χ4n) is 1.55. The van der Waals surface area contributed by atoms with Crippen molar-refractivity contribution in [1.29, 1.82) is 0 Å². The molecule has 0 N–H and O–H groups in total. The standard InChI is InChI=1S/C12H13F3O2/c1-3-17-11(16)7-9-5-4-6-10(8(9)2)12(13,14)15/h4-6H,3,7H2,1-2H3. The highest BCUT2D eigenvalue weighted by Gasteiger charge is 2.32. The molecule has 0 aliphatic heterocycles. The number of esters is 1. The van der Waals surface area contributed by atoms with Gasteiger partial charge in [0.15, 0.2) is 0 Å². The average Bonchev–Trinajstić information content (AvgIpc) is 2.19. The van der Waals surface area contributed by atoms with E-state index in [-0.39, 0.29) is 18.6 Å². The third-order valence-electron chi connectivity index (χ3n) is 2.39. The number of hydrogen-bond acceptors (Lipinski definition) is 2. The van der Waals surface area contributed by atoms with Crippen LogP contribution in [0.15, 0.2) is 18.2 Å². The zero-order chi connectivity index (χ0) is 13.1. The summed E-state index contributed by atoms with van der Waals surface area (Å²) < 4.78 is 42.5. The Labute approximate surface area is 97.4 Å². The van der Waals surface area contributed by atoms with Gasteiger partial charge in [0.2, 0.25) is 0 Å². The summed E-state index contributed by atoms with van der Waals surface area (Å²) in [4.78, 5) is 11.2. The Hall–Kier alpha value is -1.52. The van der Waals surface area contributed by atoms with Crippen molar-refractivity contribution in [3.8, 4) is 0 Å². The fraction of sp³-hybridized carbons (Fsp3) is 0.417. The van der Waals surface area contributed by atoms with Crippen molar-refractivity contribution >= 4 is 5.97 Å². The Kier molecular flexibility index (Phi) is 4.15. The third kappa shape index (κ3) is 3.47. The zero-order valence-electron chi connectivity index (χ0n) is 9.60. The predicted octanol–water partition coefficient (Wildman–Crippen LogP) is 3.12. The lowest BCUT2D eigenvalue weighted by atomic mass is 10.00. The highest BCUT2D eigenvalue weighted by atomic mass is 19.4. The van der Waals surface area contributed by atoms with Crippen molar-refractivity contribution in [2.24, 2.45) is 0 Å². The highest BCUT2D eigenvalue weighted by molar-refractivity contribution is 5.73. The van der Waals surface area contributed by atoms with Gasteiger partial charge in [-0.15, -0.1) is 0 Å². The third-order valence-corrected chi connectivity index (χ3v) is 2.39. The first-order chi connectivity index (χ1) is 7.86. The second-order valence-corrected chi connectivity index (χ2v) is 3.57. The smallest absolute Gasteiger partial charge is 0.416 e. The Morgan fingerprint density at radius 3 is 2.53 bits per heavy atom. The average molecular weight is 246 g/mol. The fourth-order valence-corrected chi connectivity index (χ4v) is 1.55. The zero-order valence-corrected chi connectivity index (χ0v) is 9.60. The molecule has 0 heterocycles. The van der Waals surface area contributed by atoms with E-state index in [1.54, 1.807) is 6.92 Å². The van der Waals surface area contributed by atoms with Gasteiger partial charge >= 0.3 is 12.1 Å². The van der Waals surface area contributed by atoms with Crippen molar-refractivity contribution in [2.45, 2.75) is 26.4 Å². The lowest BCUT2D eigenvalue weighted by Gasteiger charge is -2.13. The van der Waals surface area contributed by atoms with E-state index in [9.17, 15) is 18.0 Å². The van der Waals surface area contributed by atoms with E-state index >= 15 is 0 Å². The molecule has 1 rings (SSSR count). The van der Waals surface area contributed by atoms with Crippen LogP contribution in [0.4, 0.5) is 13.2 Å². The van der Waals surface area contributed by atoms with Gasteiger partial charge < -0.3 is 4.74 Å². The Morgan fingerprint density at radius 1 is 1.35 bits per heavy atom. The van der Waals surface area contributed by atoms with Crippen molar-refractivity contribution in [3.05, 3.63) is 34.9 Å². The maximum absolute atomic E-state index is 12.6. The molecule has 0 atom stereocenters. The number of halogens is 3. The van der Waals surface area contributed by atoms with E-state index in [4.69, 9.17) is 4.74 Å². The minimum absolute atomic E-state index is 0.0769. The van der Waals surface area contributed by atoms with Crippen LogP contribution in [0, 0.1) is 6.92 Å². The van der Waals surface area contributed by atoms with Crippen LogP contribution in [0.25, 0.3) is 0 Å². The van der Waals surface area contributed by atoms with Crippen LogP contribution in [0.2, 0.25) is 0 Å². The molecule has 0 saturated carbocycles. The van der Waals surface area contributed by atoms with Crippen molar-refractivity contribution in [3.63, 3.8) is 0 Å². The largest absolute Gasteiger partial charge is 0.466 e. The van der Waals surface area contributed by atoms with Crippen molar-refractivity contribution < 1.29 is 22.7 Å². The minimum Gasteiger partial charge on any atom is -0.466 e. The Morgan fingerprint density at radius 2 is 2.00 bits per heavy atom. The molecule has 0 aliphatic carbocycles. The number of alkyl halides is 3. The van der Waals surface area contributed by atoms with Crippen LogP contribution in [0.3, 0.4) is 0 Å². The van der Waals surface area contributed by atoms with Gasteiger partial charge in [-0.1, -0.05) is 12.1 Å². The van der Waals surface area contributed by atoms with Crippen LogP contribution in [0.5, 0.6) is 0 Å². The lowest BCUT2D eigenvalue weighted by molar-refractivity contribution is -0.143. The molecule has 0 amide bonds. The molecule has 0 fully saturated rings. The normalized spacial score (nSPS) is 11.4. The van der Waals surface area contributed by atoms with Gasteiger partial charge in [0.25, 0.3) is 0 Å². The SMILES string of the molecule is CCOC(=O)Cc1cccc(C(F)(F)F)c1C. The topological polar surface area (TPSA) is 26.3 Å². The first-order valence-electron chi connectivity index (χ1n) is 5.17. The lowest BCUT2D eigenvalue weighted by Crippen LogP contribution is -2.12. The van der Waals surface area contributed by atoms with E-state index < -0.39 is 17.7 Å². The maximum atomic E-state index is 12.6. The Bertz CT molecular complexity index is 411. The van der Waals surface area contributed by atoms with E-state index in [1.807, 2.05) is 0 Å². The molecule has 2 nitrogen and oxygen atoms in total. The molecule has 0 spiro atoms. The second kappa shape index (κ2) is 5.21. The van der Waals surface area contributed by atoms with Crippen LogP contribution in [0.1, 0.15) is 23.6 Å². The van der Waals surface area contributed by atoms with Crippen LogP contribution in [-0.2, 0) is 22.1 Å². The molecule has 1 aromatic rings. The molecular formula is C12H13F3O2. The minimum atomic E-state index is -4.39. The summed E-state index contributed by atoms with van der Waals surface area (Å²) in [5.74, 6) is -0.519. The number of carbonyl (C=O) groups is 1. The molecule has 0 aromatic heterocycles. The van der Waals surface area contributed by atoms with E-state index in [1.165, 1.54) is 19.1 Å². The molecule has 0 bridgehead atoms. The summed E-state index contributed by atoms with van der Waals surface area (Å²) in [5, 5.41) is 0. The summed E-state index contributed by atoms with van der Waals surface area (Å²) in [7, 11) is 0. The molecule has 1 aromatic carbocycles. The van der Waals surface area contributed by atoms with Crippen LogP contribution < -0.4 is 0 Å². The molecule has 5 heteroatoms. The van der Waals surface area contributed by atoms with Crippen molar-refractivity contribution in [1.82, 2.24) is 0 Å². The molecule has 0 aliphatic rings. The van der Waals surface area contributed by atoms with Gasteiger partial charge in [0, 0.05) is 0 Å². The number of carbonyl (C=O) groups excluding carboxylic acids is 1. The quantitative estimate of drug-likeness (QED) is 0.766. The van der Waals surface area contributed by atoms with E-state index in [2.05, 4.69) is 0 Å². The summed E-state index contributed by atoms with van der Waals surface area (Å²) in [5.41, 5.74) is -0.286. The van der Waals surface area contributed by atoms with Gasteiger partial charge in [0.05, 0.1) is 18.6 Å². The monoisotopic (exact) mass is 246 g/mol. The first-order valence-corrected chi connectivity index (χ1v) is 5.17. The molecular weight excluding hydrogens is 233 g/mol. The van der Waals surface area contributed by atoms with E-state index in [0.717, 1.165) is 6.07 Å². The van der Waals surface area contributed by atoms with Gasteiger partial charge in [-0.25, -0.2) is 0 Å². The number of benzene rings is 1. The number of rotatable bonds is 3. The molecule has 0 unspecified atom stereocenters. The summed E-state index contributed by atoms with van der Waals surface area (Å²) in [6.07, 6.45) is -4.53. The maximum Gasteiger partial charge on any atom is 0.416 e. The predicted molar refractivity (Wildman–Crippen MR) is 56.5 cm³/mol. The van der Waals surface area contributed by atoms with Gasteiger partial charge in [-0.05, 0) is 31.0 Å². The molecule has 0 radical (unpaired) electrons. The number of ether oxygens (including phenoxy) is 1. The summed E-state index contributed by atoms with van der Waals surface area (Å²) in [6, 6.07) is 3.80. The molecule has 94 valence electrons. The van der Waals surface area contributed by atoms with Gasteiger partial charge in [0.1, 0.15) is 0 Å². The highest BCUT2D eigenvalue weighted by Crippen LogP contribution is 2.32. The van der Waals surface area contributed by atoms with Gasteiger partial charge in [-0.3, -0.25) is 4.79 Å². The van der Waals surface area contributed by atoms with Crippen LogP contribution in [-0.4, -0.2) is 12.6 Å². The molecule has 17 heavy (non-hydrogen) atoms. The second-order valence-electron chi connectivity index (χ2n) is 3.57. The summed E-state index contributed by atoms with van der Waals surface area (Å²) in [6.45, 7) is 3.23. The Balaban J connectivity index is 2.99. The van der Waals surface area contributed by atoms with E-state index in [0.29, 0.717) is 5.56 Å². The van der Waals surface area contributed by atoms with Crippen molar-refractivity contribution in [2.75, 3.05) is 6.61 Å². The molecule has 0 saturated heterocycles. The van der Waals surface area contributed by atoms with Crippen LogP contribution >= 0.6 is 0 Å². The number of hydrogen-bond donors (Lipinski definition) is 0.